The summed E-state index contributed by atoms with van der Waals surface area (Å²) < 4.78 is 36.9. The van der Waals surface area contributed by atoms with Crippen LogP contribution in [0, 0.1) is 10.1 Å². The number of nitrogens with zero attached hydrogens (tertiary/aromatic N) is 1. The summed E-state index contributed by atoms with van der Waals surface area (Å²) in [6.45, 7) is 0. The van der Waals surface area contributed by atoms with Gasteiger partial charge in [-0.2, -0.15) is 13.2 Å². The van der Waals surface area contributed by atoms with E-state index in [1.807, 2.05) is 5.43 Å². The zero-order valence-electron chi connectivity index (χ0n) is 7.21. The van der Waals surface area contributed by atoms with Crippen molar-refractivity contribution in [2.75, 3.05) is 5.43 Å². The van der Waals surface area contributed by atoms with Crippen LogP contribution in [0.15, 0.2) is 18.2 Å². The molecule has 8 heteroatoms. The fourth-order valence-electron chi connectivity index (χ4n) is 1.01. The molecule has 3 N–H and O–H groups in total. The van der Waals surface area contributed by atoms with Crippen molar-refractivity contribution < 1.29 is 18.1 Å². The first-order valence-corrected chi connectivity index (χ1v) is 3.68. The molecule has 1 rings (SSSR count). The number of hydrogen-bond donors (Lipinski definition) is 2. The quantitative estimate of drug-likeness (QED) is 0.454. The lowest BCUT2D eigenvalue weighted by Gasteiger charge is -2.08. The zero-order chi connectivity index (χ0) is 11.6. The van der Waals surface area contributed by atoms with Crippen LogP contribution < -0.4 is 11.3 Å². The number of nitro groups is 1. The van der Waals surface area contributed by atoms with Gasteiger partial charge in [0.15, 0.2) is 0 Å². The number of nitro benzene ring substituents is 1. The van der Waals surface area contributed by atoms with E-state index in [1.165, 1.54) is 0 Å². The van der Waals surface area contributed by atoms with Gasteiger partial charge in [-0.3, -0.25) is 16.0 Å². The summed E-state index contributed by atoms with van der Waals surface area (Å²) in [4.78, 5) is 9.27. The van der Waals surface area contributed by atoms with Gasteiger partial charge in [-0.25, -0.2) is 0 Å². The molecule has 1 aromatic carbocycles. The van der Waals surface area contributed by atoms with Gasteiger partial charge in [-0.1, -0.05) is 0 Å². The second-order valence-corrected chi connectivity index (χ2v) is 2.63. The molecule has 0 spiro atoms. The Morgan fingerprint density at radius 3 is 2.40 bits per heavy atom. The number of nitrogens with one attached hydrogen (secondary N) is 1. The van der Waals surface area contributed by atoms with Gasteiger partial charge in [-0.15, -0.1) is 0 Å². The lowest BCUT2D eigenvalue weighted by Crippen LogP contribution is -2.11. The third-order valence-electron chi connectivity index (χ3n) is 1.67. The van der Waals surface area contributed by atoms with Crippen LogP contribution in [0.4, 0.5) is 24.5 Å². The SMILES string of the molecule is NNc1ccc(C(F)(F)F)c([N+](=O)[O-])c1. The summed E-state index contributed by atoms with van der Waals surface area (Å²) in [6.07, 6.45) is -4.75. The molecule has 82 valence electrons. The predicted octanol–water partition coefficient (Wildman–Crippen LogP) is 1.90. The van der Waals surface area contributed by atoms with E-state index in [4.69, 9.17) is 5.84 Å². The third-order valence-corrected chi connectivity index (χ3v) is 1.67. The lowest BCUT2D eigenvalue weighted by molar-refractivity contribution is -0.388. The summed E-state index contributed by atoms with van der Waals surface area (Å²) in [7, 11) is 0. The smallest absolute Gasteiger partial charge is 0.324 e. The number of nitrogen functional groups attached to an aromatic ring is 1. The molecule has 15 heavy (non-hydrogen) atoms. The van der Waals surface area contributed by atoms with Crippen LogP contribution in [0.1, 0.15) is 5.56 Å². The summed E-state index contributed by atoms with van der Waals surface area (Å²) >= 11 is 0. The number of nitrogens with two attached hydrogens (primary N) is 1. The number of rotatable bonds is 2. The Labute approximate surface area is 81.8 Å². The normalized spacial score (nSPS) is 11.2. The number of alkyl halides is 3. The molecule has 0 saturated carbocycles. The van der Waals surface area contributed by atoms with Crippen molar-refractivity contribution in [2.24, 2.45) is 5.84 Å². The molecule has 5 nitrogen and oxygen atoms in total. The van der Waals surface area contributed by atoms with E-state index < -0.39 is 22.4 Å². The summed E-state index contributed by atoms with van der Waals surface area (Å²) in [5.41, 5.74) is -0.263. The Balaban J connectivity index is 3.34. The molecule has 0 unspecified atom stereocenters. The van der Waals surface area contributed by atoms with Crippen LogP contribution in [-0.2, 0) is 6.18 Å². The third kappa shape index (κ3) is 2.34. The van der Waals surface area contributed by atoms with Crippen LogP contribution in [0.2, 0.25) is 0 Å². The molecule has 0 bridgehead atoms. The van der Waals surface area contributed by atoms with E-state index in [-0.39, 0.29) is 5.69 Å². The van der Waals surface area contributed by atoms with Gasteiger partial charge < -0.3 is 5.43 Å². The summed E-state index contributed by atoms with van der Waals surface area (Å²) in [5, 5.41) is 10.4. The largest absolute Gasteiger partial charge is 0.423 e. The lowest BCUT2D eigenvalue weighted by atomic mass is 10.1. The van der Waals surface area contributed by atoms with Gasteiger partial charge in [0.25, 0.3) is 5.69 Å². The first-order chi connectivity index (χ1) is 6.86. The fourth-order valence-corrected chi connectivity index (χ4v) is 1.01. The summed E-state index contributed by atoms with van der Waals surface area (Å²) in [5.74, 6) is 4.92. The highest BCUT2D eigenvalue weighted by Crippen LogP contribution is 2.37. The van der Waals surface area contributed by atoms with Crippen molar-refractivity contribution >= 4 is 11.4 Å². The number of benzene rings is 1. The maximum Gasteiger partial charge on any atom is 0.423 e. The minimum absolute atomic E-state index is 0.0368. The van der Waals surface area contributed by atoms with Crippen molar-refractivity contribution in [2.45, 2.75) is 6.18 Å². The van der Waals surface area contributed by atoms with E-state index in [2.05, 4.69) is 0 Å². The minimum Gasteiger partial charge on any atom is -0.324 e. The molecule has 0 radical (unpaired) electrons. The van der Waals surface area contributed by atoms with E-state index in [1.54, 1.807) is 0 Å². The van der Waals surface area contributed by atoms with Crippen LogP contribution in [0.25, 0.3) is 0 Å². The van der Waals surface area contributed by atoms with E-state index in [0.29, 0.717) is 6.07 Å². The van der Waals surface area contributed by atoms with Crippen molar-refractivity contribution in [1.82, 2.24) is 0 Å². The Hall–Kier alpha value is -1.83. The van der Waals surface area contributed by atoms with E-state index in [9.17, 15) is 23.3 Å². The maximum absolute atomic E-state index is 12.3. The topological polar surface area (TPSA) is 81.2 Å². The highest BCUT2D eigenvalue weighted by Gasteiger charge is 2.38. The second-order valence-electron chi connectivity index (χ2n) is 2.63. The monoisotopic (exact) mass is 221 g/mol. The number of halogens is 3. The van der Waals surface area contributed by atoms with Crippen molar-refractivity contribution in [1.29, 1.82) is 0 Å². The zero-order valence-corrected chi connectivity index (χ0v) is 7.21. The maximum atomic E-state index is 12.3. The Kier molecular flexibility index (Phi) is 2.80. The molecule has 0 aromatic heterocycles. The standard InChI is InChI=1S/C7H6F3N3O2/c8-7(9,10)5-2-1-4(12-11)3-6(5)13(14)15/h1-3,12H,11H2. The summed E-state index contributed by atoms with van der Waals surface area (Å²) in [6, 6.07) is 2.34. The van der Waals surface area contributed by atoms with Gasteiger partial charge in [-0.05, 0) is 12.1 Å². The molecule has 0 heterocycles. The van der Waals surface area contributed by atoms with Crippen LogP contribution in [-0.4, -0.2) is 4.92 Å². The Morgan fingerprint density at radius 1 is 1.40 bits per heavy atom. The molecule has 0 aliphatic carbocycles. The van der Waals surface area contributed by atoms with Crippen molar-refractivity contribution in [3.63, 3.8) is 0 Å². The first kappa shape index (κ1) is 11.2. The van der Waals surface area contributed by atoms with Gasteiger partial charge in [0.2, 0.25) is 0 Å². The van der Waals surface area contributed by atoms with Gasteiger partial charge in [0.05, 0.1) is 10.6 Å². The van der Waals surface area contributed by atoms with Gasteiger partial charge in [0, 0.05) is 6.07 Å². The molecular formula is C7H6F3N3O2. The second kappa shape index (κ2) is 3.73. The van der Waals surface area contributed by atoms with Gasteiger partial charge in [0.1, 0.15) is 5.56 Å². The van der Waals surface area contributed by atoms with Crippen molar-refractivity contribution in [3.05, 3.63) is 33.9 Å². The van der Waals surface area contributed by atoms with E-state index >= 15 is 0 Å². The molecule has 0 fully saturated rings. The molecule has 0 aliphatic rings. The minimum atomic E-state index is -4.75. The molecular weight excluding hydrogens is 215 g/mol. The molecule has 1 aromatic rings. The number of anilines is 1. The predicted molar refractivity (Wildman–Crippen MR) is 45.9 cm³/mol. The van der Waals surface area contributed by atoms with Crippen LogP contribution in [0.5, 0.6) is 0 Å². The molecule has 0 atom stereocenters. The van der Waals surface area contributed by atoms with Crippen molar-refractivity contribution in [3.8, 4) is 0 Å². The van der Waals surface area contributed by atoms with Crippen LogP contribution in [0.3, 0.4) is 0 Å². The Morgan fingerprint density at radius 2 is 2.00 bits per heavy atom. The number of hydrogen-bond acceptors (Lipinski definition) is 4. The average Bonchev–Trinajstić information content (AvgIpc) is 2.15. The molecule has 0 aliphatic heterocycles. The highest BCUT2D eigenvalue weighted by molar-refractivity contribution is 5.55. The number of hydrazine groups is 1. The van der Waals surface area contributed by atoms with E-state index in [0.717, 1.165) is 12.1 Å². The van der Waals surface area contributed by atoms with Crippen LogP contribution >= 0.6 is 0 Å². The molecule has 0 saturated heterocycles. The molecule has 0 amide bonds. The highest BCUT2D eigenvalue weighted by atomic mass is 19.4. The first-order valence-electron chi connectivity index (χ1n) is 3.68. The Bertz CT molecular complexity index is 392. The fraction of sp³-hybridized carbons (Fsp3) is 0.143. The average molecular weight is 221 g/mol. The van der Waals surface area contributed by atoms with Gasteiger partial charge >= 0.3 is 6.18 Å².